The van der Waals surface area contributed by atoms with Crippen LogP contribution in [0.2, 0.25) is 0 Å². The minimum atomic E-state index is 0.294. The molecule has 146 valence electrons. The molecule has 0 N–H and O–H groups in total. The zero-order chi connectivity index (χ0) is 18.1. The van der Waals surface area contributed by atoms with Gasteiger partial charge in [0.05, 0.1) is 13.2 Å². The molecular weight excluding hydrogens is 312 g/mol. The molecule has 25 heavy (non-hydrogen) atoms. The van der Waals surface area contributed by atoms with E-state index in [9.17, 15) is 0 Å². The maximum atomic E-state index is 5.51. The molecule has 3 heterocycles. The largest absolute Gasteiger partial charge is 0.379 e. The van der Waals surface area contributed by atoms with Gasteiger partial charge in [-0.3, -0.25) is 14.7 Å². The summed E-state index contributed by atoms with van der Waals surface area (Å²) in [7, 11) is 0. The molecule has 3 rings (SSSR count). The van der Waals surface area contributed by atoms with E-state index < -0.39 is 0 Å². The lowest BCUT2D eigenvalue weighted by atomic mass is 9.95. The summed E-state index contributed by atoms with van der Waals surface area (Å²) in [5.74, 6) is 0. The van der Waals surface area contributed by atoms with E-state index in [1.54, 1.807) is 0 Å². The molecular formula is C20H40N4O. The van der Waals surface area contributed by atoms with E-state index >= 15 is 0 Å². The zero-order valence-corrected chi connectivity index (χ0v) is 17.3. The van der Waals surface area contributed by atoms with Crippen LogP contribution in [-0.4, -0.2) is 109 Å². The van der Waals surface area contributed by atoms with Crippen LogP contribution in [0.3, 0.4) is 0 Å². The van der Waals surface area contributed by atoms with Gasteiger partial charge in [0.15, 0.2) is 0 Å². The van der Waals surface area contributed by atoms with Crippen molar-refractivity contribution in [3.05, 3.63) is 0 Å². The third-order valence-electron chi connectivity index (χ3n) is 6.64. The fraction of sp³-hybridized carbons (Fsp3) is 1.00. The molecule has 0 aromatic rings. The molecule has 0 bridgehead atoms. The lowest BCUT2D eigenvalue weighted by molar-refractivity contribution is -0.0413. The Kier molecular flexibility index (Phi) is 6.11. The van der Waals surface area contributed by atoms with E-state index in [-0.39, 0.29) is 0 Å². The van der Waals surface area contributed by atoms with Crippen LogP contribution in [0.15, 0.2) is 0 Å². The van der Waals surface area contributed by atoms with Crippen LogP contribution in [-0.2, 0) is 4.74 Å². The molecule has 0 aliphatic carbocycles. The zero-order valence-electron chi connectivity index (χ0n) is 17.3. The smallest absolute Gasteiger partial charge is 0.0594 e. The van der Waals surface area contributed by atoms with Gasteiger partial charge in [0, 0.05) is 69.5 Å². The van der Waals surface area contributed by atoms with Gasteiger partial charge in [0.1, 0.15) is 0 Å². The number of likely N-dealkylation sites (tertiary alicyclic amines) is 1. The number of morpholine rings is 1. The molecule has 0 amide bonds. The predicted molar refractivity (Wildman–Crippen MR) is 104 cm³/mol. The lowest BCUT2D eigenvalue weighted by Crippen LogP contribution is -2.66. The van der Waals surface area contributed by atoms with Crippen LogP contribution < -0.4 is 0 Å². The number of piperazine rings is 1. The first kappa shape index (κ1) is 19.6. The Bertz CT molecular complexity index is 414. The summed E-state index contributed by atoms with van der Waals surface area (Å²) >= 11 is 0. The molecule has 5 heteroatoms. The Morgan fingerprint density at radius 2 is 1.40 bits per heavy atom. The van der Waals surface area contributed by atoms with Gasteiger partial charge in [-0.25, -0.2) is 0 Å². The maximum Gasteiger partial charge on any atom is 0.0594 e. The van der Waals surface area contributed by atoms with Crippen LogP contribution in [0.25, 0.3) is 0 Å². The molecule has 0 spiro atoms. The summed E-state index contributed by atoms with van der Waals surface area (Å²) in [5.41, 5.74) is 0.630. The summed E-state index contributed by atoms with van der Waals surface area (Å²) in [6, 6.07) is 0.797. The summed E-state index contributed by atoms with van der Waals surface area (Å²) in [6.07, 6.45) is 1.26. The number of ether oxygens (including phenoxy) is 1. The molecule has 0 aromatic carbocycles. The van der Waals surface area contributed by atoms with Gasteiger partial charge in [-0.1, -0.05) is 0 Å². The third-order valence-corrected chi connectivity index (χ3v) is 6.64. The number of hydrogen-bond donors (Lipinski definition) is 0. The van der Waals surface area contributed by atoms with Crippen molar-refractivity contribution in [3.8, 4) is 0 Å². The average Bonchev–Trinajstić information content (AvgIpc) is 2.52. The summed E-state index contributed by atoms with van der Waals surface area (Å²) < 4.78 is 5.51. The number of rotatable bonds is 5. The van der Waals surface area contributed by atoms with Crippen LogP contribution in [0.4, 0.5) is 0 Å². The van der Waals surface area contributed by atoms with Crippen molar-refractivity contribution in [1.82, 2.24) is 19.6 Å². The van der Waals surface area contributed by atoms with Crippen molar-refractivity contribution >= 4 is 0 Å². The fourth-order valence-electron chi connectivity index (χ4n) is 4.34. The van der Waals surface area contributed by atoms with Crippen molar-refractivity contribution in [2.24, 2.45) is 0 Å². The van der Waals surface area contributed by atoms with Crippen LogP contribution in [0, 0.1) is 0 Å². The molecule has 0 unspecified atom stereocenters. The van der Waals surface area contributed by atoms with Gasteiger partial charge < -0.3 is 9.64 Å². The van der Waals surface area contributed by atoms with E-state index in [2.05, 4.69) is 54.2 Å². The van der Waals surface area contributed by atoms with Crippen LogP contribution in [0.5, 0.6) is 0 Å². The SMILES string of the molecule is CC(C)(C)N1CC(N2CCN(CCC(C)(C)N3CCOCC3)CC2)C1. The molecule has 0 atom stereocenters. The van der Waals surface area contributed by atoms with Crippen molar-refractivity contribution < 1.29 is 4.74 Å². The first-order chi connectivity index (χ1) is 11.8. The standard InChI is InChI=1S/C20H40N4O/c1-19(2,3)24-16-18(17-24)22-10-8-21(9-11-22)7-6-20(4,5)23-12-14-25-15-13-23/h18H,6-17H2,1-5H3. The maximum absolute atomic E-state index is 5.51. The molecule has 0 radical (unpaired) electrons. The molecule has 3 fully saturated rings. The van der Waals surface area contributed by atoms with Gasteiger partial charge in [-0.2, -0.15) is 0 Å². The van der Waals surface area contributed by atoms with Crippen molar-refractivity contribution in [1.29, 1.82) is 0 Å². The second-order valence-electron chi connectivity index (χ2n) is 9.77. The third kappa shape index (κ3) is 4.95. The summed E-state index contributed by atoms with van der Waals surface area (Å²) in [4.78, 5) is 10.6. The lowest BCUT2D eigenvalue weighted by Gasteiger charge is -2.53. The average molecular weight is 353 g/mol. The van der Waals surface area contributed by atoms with Crippen molar-refractivity contribution in [2.75, 3.05) is 72.1 Å². The minimum absolute atomic E-state index is 0.294. The summed E-state index contributed by atoms with van der Waals surface area (Å²) in [6.45, 7) is 24.5. The highest BCUT2D eigenvalue weighted by Gasteiger charge is 2.38. The Labute approximate surface area is 155 Å². The first-order valence-corrected chi connectivity index (χ1v) is 10.3. The summed E-state index contributed by atoms with van der Waals surface area (Å²) in [5, 5.41) is 0. The van der Waals surface area contributed by atoms with Gasteiger partial charge in [-0.15, -0.1) is 0 Å². The van der Waals surface area contributed by atoms with E-state index in [0.717, 1.165) is 32.3 Å². The highest BCUT2D eigenvalue weighted by molar-refractivity contribution is 4.95. The first-order valence-electron chi connectivity index (χ1n) is 10.3. The van der Waals surface area contributed by atoms with E-state index in [1.165, 1.54) is 52.2 Å². The molecule has 5 nitrogen and oxygen atoms in total. The van der Waals surface area contributed by atoms with Gasteiger partial charge in [0.2, 0.25) is 0 Å². The second kappa shape index (κ2) is 7.81. The Morgan fingerprint density at radius 3 is 1.96 bits per heavy atom. The van der Waals surface area contributed by atoms with E-state index in [4.69, 9.17) is 4.74 Å². The Balaban J connectivity index is 1.35. The molecule has 0 aromatic heterocycles. The Hall–Kier alpha value is -0.200. The molecule has 3 aliphatic rings. The molecule has 3 aliphatic heterocycles. The van der Waals surface area contributed by atoms with Gasteiger partial charge in [0.25, 0.3) is 0 Å². The van der Waals surface area contributed by atoms with Crippen LogP contribution >= 0.6 is 0 Å². The normalized spacial score (nSPS) is 26.8. The Morgan fingerprint density at radius 1 is 0.800 bits per heavy atom. The van der Waals surface area contributed by atoms with Gasteiger partial charge in [-0.05, 0) is 47.6 Å². The highest BCUT2D eigenvalue weighted by atomic mass is 16.5. The number of nitrogens with zero attached hydrogens (tertiary/aromatic N) is 4. The fourth-order valence-corrected chi connectivity index (χ4v) is 4.34. The van der Waals surface area contributed by atoms with Gasteiger partial charge >= 0.3 is 0 Å². The van der Waals surface area contributed by atoms with Crippen LogP contribution in [0.1, 0.15) is 41.0 Å². The molecule has 0 saturated carbocycles. The van der Waals surface area contributed by atoms with E-state index in [1.807, 2.05) is 0 Å². The van der Waals surface area contributed by atoms with Crippen molar-refractivity contribution in [2.45, 2.75) is 58.2 Å². The second-order valence-corrected chi connectivity index (χ2v) is 9.77. The highest BCUT2D eigenvalue weighted by Crippen LogP contribution is 2.25. The van der Waals surface area contributed by atoms with E-state index in [0.29, 0.717) is 11.1 Å². The quantitative estimate of drug-likeness (QED) is 0.747. The molecule has 3 saturated heterocycles. The predicted octanol–water partition coefficient (Wildman–Crippen LogP) is 1.59. The topological polar surface area (TPSA) is 22.2 Å². The van der Waals surface area contributed by atoms with Crippen molar-refractivity contribution in [3.63, 3.8) is 0 Å². The number of hydrogen-bond acceptors (Lipinski definition) is 5. The minimum Gasteiger partial charge on any atom is -0.379 e. The monoisotopic (exact) mass is 352 g/mol.